The van der Waals surface area contributed by atoms with Gasteiger partial charge in [-0.05, 0) is 24.7 Å². The molecule has 4 nitrogen and oxygen atoms in total. The summed E-state index contributed by atoms with van der Waals surface area (Å²) in [6, 6.07) is 0. The topological polar surface area (TPSA) is 44.8 Å². The average Bonchev–Trinajstić information content (AvgIpc) is 2.52. The van der Waals surface area contributed by atoms with Gasteiger partial charge in [-0.3, -0.25) is 13.6 Å². The van der Waals surface area contributed by atoms with Crippen LogP contribution in [0.4, 0.5) is 0 Å². The van der Waals surface area contributed by atoms with Crippen LogP contribution < -0.4 is 0 Å². The lowest BCUT2D eigenvalue weighted by molar-refractivity contribution is 0.0340. The molecule has 0 aromatic rings. The molecule has 0 aliphatic heterocycles. The molecule has 0 radical (unpaired) electrons. The predicted octanol–water partition coefficient (Wildman–Crippen LogP) is 6.99. The molecule has 0 spiro atoms. The van der Waals surface area contributed by atoms with E-state index < -0.39 is 7.82 Å². The number of unbranched alkanes of at least 4 members (excludes halogenated alkanes) is 6. The second kappa shape index (κ2) is 14.3. The van der Waals surface area contributed by atoms with Gasteiger partial charge in [0.1, 0.15) is 0 Å². The first kappa shape index (κ1) is 24.1. The molecule has 0 heterocycles. The van der Waals surface area contributed by atoms with E-state index in [2.05, 4.69) is 41.5 Å². The molecule has 0 N–H and O–H groups in total. The van der Waals surface area contributed by atoms with Crippen molar-refractivity contribution in [3.8, 4) is 0 Å². The van der Waals surface area contributed by atoms with E-state index in [1.807, 2.05) is 0 Å². The molecule has 0 fully saturated rings. The van der Waals surface area contributed by atoms with Crippen molar-refractivity contribution < 1.29 is 18.1 Å². The van der Waals surface area contributed by atoms with Crippen molar-refractivity contribution in [3.05, 3.63) is 0 Å². The highest BCUT2D eigenvalue weighted by Gasteiger charge is 2.33. The Morgan fingerprint density at radius 1 is 0.708 bits per heavy atom. The summed E-state index contributed by atoms with van der Waals surface area (Å²) in [6.07, 6.45) is 8.54. The molecular formula is C19H41O4P. The molecular weight excluding hydrogens is 323 g/mol. The van der Waals surface area contributed by atoms with Gasteiger partial charge >= 0.3 is 7.82 Å². The van der Waals surface area contributed by atoms with Crippen molar-refractivity contribution in [2.24, 2.45) is 11.8 Å². The van der Waals surface area contributed by atoms with E-state index in [-0.39, 0.29) is 17.9 Å². The zero-order valence-corrected chi connectivity index (χ0v) is 17.8. The van der Waals surface area contributed by atoms with E-state index in [4.69, 9.17) is 13.6 Å². The highest BCUT2D eigenvalue weighted by molar-refractivity contribution is 7.48. The van der Waals surface area contributed by atoms with E-state index in [9.17, 15) is 4.57 Å². The number of rotatable bonds is 16. The molecule has 0 rings (SSSR count). The number of hydrogen-bond donors (Lipinski definition) is 0. The van der Waals surface area contributed by atoms with Crippen LogP contribution >= 0.6 is 7.82 Å². The molecule has 0 atom stereocenters. The maximum atomic E-state index is 13.0. The van der Waals surface area contributed by atoms with Crippen LogP contribution in [0.15, 0.2) is 0 Å². The Morgan fingerprint density at radius 3 is 1.46 bits per heavy atom. The average molecular weight is 365 g/mol. The minimum Gasteiger partial charge on any atom is -0.287 e. The predicted molar refractivity (Wildman–Crippen MR) is 102 cm³/mol. The quantitative estimate of drug-likeness (QED) is 0.219. The SMILES string of the molecule is CCCCCCOP(=O)(OCCCCCC)OC(C(C)C)C(C)C. The van der Waals surface area contributed by atoms with E-state index >= 15 is 0 Å². The third-order valence-electron chi connectivity index (χ3n) is 4.06. The van der Waals surface area contributed by atoms with Gasteiger partial charge in [0.05, 0.1) is 19.3 Å². The summed E-state index contributed by atoms with van der Waals surface area (Å²) in [7, 11) is -3.48. The molecule has 24 heavy (non-hydrogen) atoms. The van der Waals surface area contributed by atoms with Crippen LogP contribution in [-0.4, -0.2) is 19.3 Å². The molecule has 0 saturated carbocycles. The fourth-order valence-electron chi connectivity index (χ4n) is 2.67. The normalized spacial score (nSPS) is 12.7. The molecule has 0 amide bonds. The molecule has 0 bridgehead atoms. The maximum absolute atomic E-state index is 13.0. The zero-order valence-electron chi connectivity index (χ0n) is 16.9. The Hall–Kier alpha value is 0.110. The summed E-state index contributed by atoms with van der Waals surface area (Å²) in [5.41, 5.74) is 0. The summed E-state index contributed by atoms with van der Waals surface area (Å²) < 4.78 is 30.2. The maximum Gasteiger partial charge on any atom is 0.475 e. The number of phosphoric ester groups is 1. The van der Waals surface area contributed by atoms with Gasteiger partial charge < -0.3 is 0 Å². The first-order valence-electron chi connectivity index (χ1n) is 9.93. The molecule has 0 saturated heterocycles. The minimum atomic E-state index is -3.48. The van der Waals surface area contributed by atoms with Crippen LogP contribution in [-0.2, 0) is 18.1 Å². The number of hydrogen-bond acceptors (Lipinski definition) is 4. The Bertz CT molecular complexity index is 305. The summed E-state index contributed by atoms with van der Waals surface area (Å²) in [6.45, 7) is 13.5. The minimum absolute atomic E-state index is 0.123. The van der Waals surface area contributed by atoms with Crippen molar-refractivity contribution >= 4 is 7.82 Å². The largest absolute Gasteiger partial charge is 0.475 e. The van der Waals surface area contributed by atoms with Crippen LogP contribution in [0.2, 0.25) is 0 Å². The van der Waals surface area contributed by atoms with Crippen molar-refractivity contribution in [3.63, 3.8) is 0 Å². The Kier molecular flexibility index (Phi) is 14.4. The first-order chi connectivity index (χ1) is 11.4. The summed E-state index contributed by atoms with van der Waals surface area (Å²) in [5.74, 6) is 0.538. The standard InChI is InChI=1S/C19H41O4P/c1-7-9-11-13-15-21-24(20,22-16-14-12-10-8-2)23-19(17(3)4)18(5)6/h17-19H,7-16H2,1-6H3. The van der Waals surface area contributed by atoms with Crippen LogP contribution in [0.25, 0.3) is 0 Å². The fraction of sp³-hybridized carbons (Fsp3) is 1.00. The van der Waals surface area contributed by atoms with Crippen LogP contribution in [0, 0.1) is 11.8 Å². The smallest absolute Gasteiger partial charge is 0.287 e. The van der Waals surface area contributed by atoms with E-state index in [0.29, 0.717) is 13.2 Å². The first-order valence-corrected chi connectivity index (χ1v) is 11.4. The lowest BCUT2D eigenvalue weighted by atomic mass is 9.97. The van der Waals surface area contributed by atoms with Crippen molar-refractivity contribution in [2.75, 3.05) is 13.2 Å². The lowest BCUT2D eigenvalue weighted by Crippen LogP contribution is -2.25. The molecule has 0 unspecified atom stereocenters. The zero-order chi connectivity index (χ0) is 18.4. The highest BCUT2D eigenvalue weighted by Crippen LogP contribution is 2.52. The monoisotopic (exact) mass is 364 g/mol. The third-order valence-corrected chi connectivity index (χ3v) is 5.56. The van der Waals surface area contributed by atoms with Crippen LogP contribution in [0.1, 0.15) is 92.9 Å². The van der Waals surface area contributed by atoms with Crippen LogP contribution in [0.5, 0.6) is 0 Å². The Labute approximate surface area is 150 Å². The van der Waals surface area contributed by atoms with E-state index in [0.717, 1.165) is 25.7 Å². The van der Waals surface area contributed by atoms with Gasteiger partial charge in [-0.25, -0.2) is 4.57 Å². The van der Waals surface area contributed by atoms with Gasteiger partial charge in [-0.2, -0.15) is 0 Å². The van der Waals surface area contributed by atoms with E-state index in [1.54, 1.807) is 0 Å². The van der Waals surface area contributed by atoms with Gasteiger partial charge in [0.25, 0.3) is 0 Å². The summed E-state index contributed by atoms with van der Waals surface area (Å²) in [4.78, 5) is 0. The fourth-order valence-corrected chi connectivity index (χ4v) is 4.36. The Balaban J connectivity index is 4.57. The summed E-state index contributed by atoms with van der Waals surface area (Å²) in [5, 5.41) is 0. The summed E-state index contributed by atoms with van der Waals surface area (Å²) >= 11 is 0. The van der Waals surface area contributed by atoms with Crippen LogP contribution in [0.3, 0.4) is 0 Å². The highest BCUT2D eigenvalue weighted by atomic mass is 31.2. The Morgan fingerprint density at radius 2 is 1.12 bits per heavy atom. The molecule has 5 heteroatoms. The van der Waals surface area contributed by atoms with Crippen molar-refractivity contribution in [1.29, 1.82) is 0 Å². The van der Waals surface area contributed by atoms with Gasteiger partial charge in [-0.15, -0.1) is 0 Å². The van der Waals surface area contributed by atoms with Crippen molar-refractivity contribution in [2.45, 2.75) is 99.0 Å². The third kappa shape index (κ3) is 11.6. The molecule has 0 aliphatic rings. The molecule has 0 aromatic heterocycles. The van der Waals surface area contributed by atoms with Gasteiger partial charge in [0.2, 0.25) is 0 Å². The van der Waals surface area contributed by atoms with Gasteiger partial charge in [0.15, 0.2) is 0 Å². The lowest BCUT2D eigenvalue weighted by Gasteiger charge is -2.29. The van der Waals surface area contributed by atoms with Crippen molar-refractivity contribution in [1.82, 2.24) is 0 Å². The molecule has 0 aromatic carbocycles. The van der Waals surface area contributed by atoms with Gasteiger partial charge in [0, 0.05) is 0 Å². The molecule has 146 valence electrons. The van der Waals surface area contributed by atoms with Gasteiger partial charge in [-0.1, -0.05) is 80.1 Å². The number of phosphoric acid groups is 1. The second-order valence-electron chi connectivity index (χ2n) is 7.29. The second-order valence-corrected chi connectivity index (χ2v) is 8.91. The molecule has 0 aliphatic carbocycles. The van der Waals surface area contributed by atoms with E-state index in [1.165, 1.54) is 25.7 Å².